The Labute approximate surface area is 105 Å². The molecule has 18 heavy (non-hydrogen) atoms. The van der Waals surface area contributed by atoms with Gasteiger partial charge >= 0.3 is 5.97 Å². The first-order valence-corrected chi connectivity index (χ1v) is 5.72. The molecular formula is C14H14N2O2. The number of rotatable bonds is 2. The van der Waals surface area contributed by atoms with Crippen LogP contribution in [0.2, 0.25) is 0 Å². The molecule has 2 aromatic rings. The molecule has 4 nitrogen and oxygen atoms in total. The van der Waals surface area contributed by atoms with Crippen molar-refractivity contribution >= 4 is 16.9 Å². The number of carbonyl (C=O) groups is 1. The van der Waals surface area contributed by atoms with E-state index in [0.717, 1.165) is 22.2 Å². The molecule has 1 N–H and O–H groups in total. The molecule has 0 saturated carbocycles. The van der Waals surface area contributed by atoms with Crippen molar-refractivity contribution in [2.75, 3.05) is 0 Å². The topological polar surface area (TPSA) is 65.9 Å². The van der Waals surface area contributed by atoms with Crippen LogP contribution in [0.15, 0.2) is 18.2 Å². The number of nitriles is 1. The summed E-state index contributed by atoms with van der Waals surface area (Å²) in [4.78, 5) is 15.0. The summed E-state index contributed by atoms with van der Waals surface area (Å²) in [5.41, 5.74) is 3.66. The van der Waals surface area contributed by atoms with Crippen molar-refractivity contribution in [3.05, 3.63) is 35.0 Å². The summed E-state index contributed by atoms with van der Waals surface area (Å²) in [5.74, 6) is -0.468. The highest BCUT2D eigenvalue weighted by atomic mass is 16.5. The fourth-order valence-corrected chi connectivity index (χ4v) is 1.84. The predicted molar refractivity (Wildman–Crippen MR) is 68.3 cm³/mol. The van der Waals surface area contributed by atoms with Gasteiger partial charge in [-0.3, -0.25) is 0 Å². The zero-order valence-corrected chi connectivity index (χ0v) is 10.6. The van der Waals surface area contributed by atoms with E-state index in [4.69, 9.17) is 10.00 Å². The second-order valence-electron chi connectivity index (χ2n) is 4.31. The molecule has 1 aromatic heterocycles. The first-order chi connectivity index (χ1) is 8.52. The van der Waals surface area contributed by atoms with E-state index in [1.54, 1.807) is 19.1 Å². The number of nitrogens with one attached hydrogen (secondary N) is 1. The van der Waals surface area contributed by atoms with Crippen molar-refractivity contribution in [1.29, 1.82) is 5.26 Å². The number of benzene rings is 1. The van der Waals surface area contributed by atoms with Crippen LogP contribution in [0.25, 0.3) is 10.9 Å². The summed E-state index contributed by atoms with van der Waals surface area (Å²) in [6.45, 7) is 5.54. The number of carbonyl (C=O) groups excluding carboxylic acids is 1. The SMILES string of the molecule is Cc1[nH]c2ccc(C(=O)OC(C)C#N)cc2c1C. The monoisotopic (exact) mass is 242 g/mol. The van der Waals surface area contributed by atoms with E-state index in [1.807, 2.05) is 26.0 Å². The van der Waals surface area contributed by atoms with Gasteiger partial charge in [-0.25, -0.2) is 4.79 Å². The average molecular weight is 242 g/mol. The molecule has 0 fully saturated rings. The Morgan fingerprint density at radius 3 is 2.83 bits per heavy atom. The van der Waals surface area contributed by atoms with Crippen LogP contribution in [-0.2, 0) is 4.74 Å². The molecule has 0 radical (unpaired) electrons. The molecule has 1 heterocycles. The summed E-state index contributed by atoms with van der Waals surface area (Å²) in [6, 6.07) is 7.21. The summed E-state index contributed by atoms with van der Waals surface area (Å²) in [7, 11) is 0. The molecule has 0 aliphatic heterocycles. The van der Waals surface area contributed by atoms with Crippen LogP contribution < -0.4 is 0 Å². The van der Waals surface area contributed by atoms with E-state index in [0.29, 0.717) is 5.56 Å². The lowest BCUT2D eigenvalue weighted by molar-refractivity contribution is 0.0435. The van der Waals surface area contributed by atoms with Gasteiger partial charge in [0.25, 0.3) is 0 Å². The van der Waals surface area contributed by atoms with Crippen molar-refractivity contribution in [3.63, 3.8) is 0 Å². The van der Waals surface area contributed by atoms with Crippen molar-refractivity contribution in [3.8, 4) is 6.07 Å². The third kappa shape index (κ3) is 2.07. The zero-order valence-electron chi connectivity index (χ0n) is 10.6. The van der Waals surface area contributed by atoms with Crippen LogP contribution in [0.1, 0.15) is 28.5 Å². The summed E-state index contributed by atoms with van der Waals surface area (Å²) in [5, 5.41) is 9.62. The molecule has 1 atom stereocenters. The average Bonchev–Trinajstić information content (AvgIpc) is 2.64. The highest BCUT2D eigenvalue weighted by Gasteiger charge is 2.13. The van der Waals surface area contributed by atoms with Crippen LogP contribution in [-0.4, -0.2) is 17.1 Å². The zero-order chi connectivity index (χ0) is 13.3. The quantitative estimate of drug-likeness (QED) is 0.823. The number of aromatic amines is 1. The van der Waals surface area contributed by atoms with Crippen molar-refractivity contribution < 1.29 is 9.53 Å². The number of ether oxygens (including phenoxy) is 1. The van der Waals surface area contributed by atoms with Gasteiger partial charge in [-0.05, 0) is 44.5 Å². The molecule has 0 aliphatic rings. The molecule has 0 amide bonds. The Morgan fingerprint density at radius 1 is 1.44 bits per heavy atom. The fourth-order valence-electron chi connectivity index (χ4n) is 1.84. The standard InChI is InChI=1S/C14H14N2O2/c1-8(7-15)18-14(17)11-4-5-13-12(6-11)9(2)10(3)16-13/h4-6,8,16H,1-3H3. The molecule has 0 spiro atoms. The number of hydrogen-bond acceptors (Lipinski definition) is 3. The van der Waals surface area contributed by atoms with E-state index in [9.17, 15) is 4.79 Å². The first kappa shape index (κ1) is 12.2. The van der Waals surface area contributed by atoms with Crippen LogP contribution in [0.4, 0.5) is 0 Å². The number of aryl methyl sites for hydroxylation is 2. The Balaban J connectivity index is 2.38. The van der Waals surface area contributed by atoms with E-state index in [-0.39, 0.29) is 0 Å². The minimum atomic E-state index is -0.734. The van der Waals surface area contributed by atoms with Gasteiger partial charge in [0.15, 0.2) is 6.10 Å². The maximum atomic E-state index is 11.8. The summed E-state index contributed by atoms with van der Waals surface area (Å²) < 4.78 is 4.97. The lowest BCUT2D eigenvalue weighted by Gasteiger charge is -2.05. The van der Waals surface area contributed by atoms with Crippen LogP contribution in [0, 0.1) is 25.2 Å². The Bertz CT molecular complexity index is 650. The highest BCUT2D eigenvalue weighted by Crippen LogP contribution is 2.22. The van der Waals surface area contributed by atoms with E-state index in [2.05, 4.69) is 4.98 Å². The van der Waals surface area contributed by atoms with Crippen LogP contribution in [0.3, 0.4) is 0 Å². The van der Waals surface area contributed by atoms with Gasteiger partial charge in [-0.2, -0.15) is 5.26 Å². The molecule has 2 rings (SSSR count). The van der Waals surface area contributed by atoms with Gasteiger partial charge in [0.1, 0.15) is 6.07 Å². The maximum Gasteiger partial charge on any atom is 0.339 e. The minimum absolute atomic E-state index is 0.465. The van der Waals surface area contributed by atoms with E-state index >= 15 is 0 Å². The summed E-state index contributed by atoms with van der Waals surface area (Å²) >= 11 is 0. The largest absolute Gasteiger partial charge is 0.444 e. The fraction of sp³-hybridized carbons (Fsp3) is 0.286. The number of H-pyrrole nitrogens is 1. The molecule has 0 aliphatic carbocycles. The minimum Gasteiger partial charge on any atom is -0.444 e. The molecule has 0 saturated heterocycles. The number of nitrogens with zero attached hydrogens (tertiary/aromatic N) is 1. The third-order valence-electron chi connectivity index (χ3n) is 3.01. The van der Waals surface area contributed by atoms with Crippen LogP contribution >= 0.6 is 0 Å². The van der Waals surface area contributed by atoms with E-state index in [1.165, 1.54) is 0 Å². The predicted octanol–water partition coefficient (Wildman–Crippen LogP) is 2.85. The van der Waals surface area contributed by atoms with Gasteiger partial charge in [0.05, 0.1) is 5.56 Å². The normalized spacial score (nSPS) is 12.1. The van der Waals surface area contributed by atoms with E-state index < -0.39 is 12.1 Å². The number of hydrogen-bond donors (Lipinski definition) is 1. The number of aromatic nitrogens is 1. The molecule has 4 heteroatoms. The molecule has 1 unspecified atom stereocenters. The number of fused-ring (bicyclic) bond motifs is 1. The van der Waals surface area contributed by atoms with Gasteiger partial charge in [-0.1, -0.05) is 0 Å². The first-order valence-electron chi connectivity index (χ1n) is 5.72. The Morgan fingerprint density at radius 2 is 2.17 bits per heavy atom. The van der Waals surface area contributed by atoms with Gasteiger partial charge in [0, 0.05) is 16.6 Å². The Kier molecular flexibility index (Phi) is 3.07. The number of esters is 1. The second kappa shape index (κ2) is 4.53. The molecule has 0 bridgehead atoms. The lowest BCUT2D eigenvalue weighted by atomic mass is 10.1. The maximum absolute atomic E-state index is 11.8. The molecular weight excluding hydrogens is 228 g/mol. The van der Waals surface area contributed by atoms with Crippen molar-refractivity contribution in [2.45, 2.75) is 26.9 Å². The van der Waals surface area contributed by atoms with Gasteiger partial charge in [0.2, 0.25) is 0 Å². The van der Waals surface area contributed by atoms with Crippen LogP contribution in [0.5, 0.6) is 0 Å². The Hall–Kier alpha value is -2.28. The third-order valence-corrected chi connectivity index (χ3v) is 3.01. The lowest BCUT2D eigenvalue weighted by Crippen LogP contribution is -2.12. The molecule has 1 aromatic carbocycles. The van der Waals surface area contributed by atoms with Crippen molar-refractivity contribution in [2.24, 2.45) is 0 Å². The smallest absolute Gasteiger partial charge is 0.339 e. The second-order valence-corrected chi connectivity index (χ2v) is 4.31. The molecule has 92 valence electrons. The highest BCUT2D eigenvalue weighted by molar-refractivity contribution is 5.96. The van der Waals surface area contributed by atoms with Gasteiger partial charge in [-0.15, -0.1) is 0 Å². The van der Waals surface area contributed by atoms with Crippen molar-refractivity contribution in [1.82, 2.24) is 4.98 Å². The van der Waals surface area contributed by atoms with Gasteiger partial charge < -0.3 is 9.72 Å². The summed E-state index contributed by atoms with van der Waals surface area (Å²) in [6.07, 6.45) is -0.734.